The first-order chi connectivity index (χ1) is 7.51. The van der Waals surface area contributed by atoms with Crippen molar-refractivity contribution in [2.75, 3.05) is 0 Å². The van der Waals surface area contributed by atoms with E-state index in [9.17, 15) is 0 Å². The Labute approximate surface area is 101 Å². The second kappa shape index (κ2) is 8.54. The smallest absolute Gasteiger partial charge is 0.0528 e. The van der Waals surface area contributed by atoms with Crippen LogP contribution in [-0.2, 0) is 0 Å². The molecule has 0 aliphatic heterocycles. The molecule has 0 aromatic rings. The van der Waals surface area contributed by atoms with Gasteiger partial charge in [0.1, 0.15) is 0 Å². The lowest BCUT2D eigenvalue weighted by Gasteiger charge is -2.50. The largest absolute Gasteiger partial charge is 0.658 e. The van der Waals surface area contributed by atoms with Gasteiger partial charge in [-0.1, -0.05) is 52.7 Å². The highest BCUT2D eigenvalue weighted by Crippen LogP contribution is 2.24. The van der Waals surface area contributed by atoms with Crippen LogP contribution in [0.2, 0.25) is 0 Å². The third kappa shape index (κ3) is 6.81. The van der Waals surface area contributed by atoms with Crippen molar-refractivity contribution in [1.29, 1.82) is 0 Å². The lowest BCUT2D eigenvalue weighted by molar-refractivity contribution is 0.571. The maximum absolute atomic E-state index is 4.73. The van der Waals surface area contributed by atoms with Crippen LogP contribution in [0, 0.1) is 0 Å². The third-order valence-electron chi connectivity index (χ3n) is 2.24. The molecule has 0 aliphatic carbocycles. The standard InChI is InChI=1S/C14H26N2/c1-7-9-13(15-11(3)4)14(10-8-2)16-12(5)6/h7-8,11-14H,1-2,9-10H2,3-6H3/q-2. The quantitative estimate of drug-likeness (QED) is 0.516. The molecule has 0 saturated heterocycles. The van der Waals surface area contributed by atoms with E-state index in [1.54, 1.807) is 0 Å². The Morgan fingerprint density at radius 2 is 1.12 bits per heavy atom. The molecule has 2 nitrogen and oxygen atoms in total. The average molecular weight is 222 g/mol. The van der Waals surface area contributed by atoms with Gasteiger partial charge in [0.15, 0.2) is 0 Å². The summed E-state index contributed by atoms with van der Waals surface area (Å²) in [6, 6.07) is 1.19. The molecule has 94 valence electrons. The summed E-state index contributed by atoms with van der Waals surface area (Å²) in [6.07, 6.45) is 5.66. The molecule has 0 saturated carbocycles. The Balaban J connectivity index is 4.49. The molecular weight excluding hydrogens is 196 g/mol. The van der Waals surface area contributed by atoms with Crippen molar-refractivity contribution in [3.8, 4) is 0 Å². The zero-order chi connectivity index (χ0) is 12.6. The minimum absolute atomic E-state index is 0.248. The lowest BCUT2D eigenvalue weighted by atomic mass is 9.99. The Kier molecular flexibility index (Phi) is 8.22. The highest BCUT2D eigenvalue weighted by atomic mass is 15.0. The van der Waals surface area contributed by atoms with Gasteiger partial charge >= 0.3 is 0 Å². The van der Waals surface area contributed by atoms with Crippen molar-refractivity contribution in [3.05, 3.63) is 35.9 Å². The van der Waals surface area contributed by atoms with Gasteiger partial charge in [0.2, 0.25) is 0 Å². The van der Waals surface area contributed by atoms with E-state index in [0.29, 0.717) is 12.1 Å². The molecule has 16 heavy (non-hydrogen) atoms. The van der Waals surface area contributed by atoms with Crippen LogP contribution in [0.3, 0.4) is 0 Å². The van der Waals surface area contributed by atoms with Crippen LogP contribution in [0.5, 0.6) is 0 Å². The maximum Gasteiger partial charge on any atom is -0.0528 e. The summed E-state index contributed by atoms with van der Waals surface area (Å²) < 4.78 is 0. The predicted molar refractivity (Wildman–Crippen MR) is 74.2 cm³/mol. The van der Waals surface area contributed by atoms with Crippen molar-refractivity contribution in [2.45, 2.75) is 64.7 Å². The molecule has 0 bridgehead atoms. The summed E-state index contributed by atoms with van der Waals surface area (Å²) in [7, 11) is 0. The van der Waals surface area contributed by atoms with Gasteiger partial charge in [-0.2, -0.15) is 0 Å². The second-order valence-electron chi connectivity index (χ2n) is 4.67. The molecule has 2 unspecified atom stereocenters. The summed E-state index contributed by atoms with van der Waals surface area (Å²) in [6.45, 7) is 16.0. The number of hydrogen-bond donors (Lipinski definition) is 0. The van der Waals surface area contributed by atoms with Gasteiger partial charge in [0.25, 0.3) is 0 Å². The molecule has 0 aromatic carbocycles. The second-order valence-corrected chi connectivity index (χ2v) is 4.67. The molecule has 0 aliphatic rings. The van der Waals surface area contributed by atoms with Gasteiger partial charge in [0, 0.05) is 0 Å². The van der Waals surface area contributed by atoms with E-state index in [4.69, 9.17) is 10.6 Å². The van der Waals surface area contributed by atoms with E-state index in [1.807, 2.05) is 12.2 Å². The normalized spacial score (nSPS) is 15.1. The third-order valence-corrected chi connectivity index (χ3v) is 2.24. The summed E-state index contributed by atoms with van der Waals surface area (Å²) in [4.78, 5) is 0. The number of rotatable bonds is 9. The Morgan fingerprint density at radius 1 is 0.812 bits per heavy atom. The molecular formula is C14H26N2-2. The molecule has 0 amide bonds. The van der Waals surface area contributed by atoms with Gasteiger partial charge in [0.05, 0.1) is 0 Å². The van der Waals surface area contributed by atoms with Crippen molar-refractivity contribution in [3.63, 3.8) is 0 Å². The van der Waals surface area contributed by atoms with E-state index in [2.05, 4.69) is 40.9 Å². The average Bonchev–Trinajstić information content (AvgIpc) is 2.15. The fraction of sp³-hybridized carbons (Fsp3) is 0.714. The van der Waals surface area contributed by atoms with Crippen LogP contribution in [-0.4, -0.2) is 24.2 Å². The number of hydrogen-bond acceptors (Lipinski definition) is 0. The van der Waals surface area contributed by atoms with Crippen LogP contribution >= 0.6 is 0 Å². The lowest BCUT2D eigenvalue weighted by Crippen LogP contribution is -2.28. The first kappa shape index (κ1) is 15.4. The first-order valence-electron chi connectivity index (χ1n) is 6.13. The fourth-order valence-corrected chi connectivity index (χ4v) is 1.74. The highest BCUT2D eigenvalue weighted by Gasteiger charge is 2.04. The van der Waals surface area contributed by atoms with Gasteiger partial charge in [-0.3, -0.25) is 0 Å². The molecule has 0 heterocycles. The molecule has 0 radical (unpaired) electrons. The predicted octanol–water partition coefficient (Wildman–Crippen LogP) is 4.44. The minimum Gasteiger partial charge on any atom is -0.658 e. The van der Waals surface area contributed by atoms with E-state index in [1.165, 1.54) is 0 Å². The van der Waals surface area contributed by atoms with E-state index in [-0.39, 0.29) is 12.1 Å². The van der Waals surface area contributed by atoms with Gasteiger partial charge in [-0.25, -0.2) is 0 Å². The summed E-state index contributed by atoms with van der Waals surface area (Å²) in [5, 5.41) is 9.45. The molecule has 0 aromatic heterocycles. The van der Waals surface area contributed by atoms with Gasteiger partial charge in [-0.05, 0) is 0 Å². The van der Waals surface area contributed by atoms with Gasteiger partial charge in [-0.15, -0.1) is 37.3 Å². The first-order valence-corrected chi connectivity index (χ1v) is 6.13. The zero-order valence-electron chi connectivity index (χ0n) is 11.2. The molecule has 2 atom stereocenters. The van der Waals surface area contributed by atoms with E-state index in [0.717, 1.165) is 12.8 Å². The highest BCUT2D eigenvalue weighted by molar-refractivity contribution is 5.14. The summed E-state index contributed by atoms with van der Waals surface area (Å²) >= 11 is 0. The maximum atomic E-state index is 4.73. The number of nitrogens with zero attached hydrogens (tertiary/aromatic N) is 2. The van der Waals surface area contributed by atoms with Crippen LogP contribution in [0.1, 0.15) is 40.5 Å². The van der Waals surface area contributed by atoms with Crippen LogP contribution in [0.25, 0.3) is 10.6 Å². The van der Waals surface area contributed by atoms with Crippen LogP contribution in [0.15, 0.2) is 25.3 Å². The van der Waals surface area contributed by atoms with E-state index >= 15 is 0 Å². The summed E-state index contributed by atoms with van der Waals surface area (Å²) in [5.41, 5.74) is 0. The molecule has 0 rings (SSSR count). The SMILES string of the molecule is C=CCC([N-]C(C)C)C(CC=C)[N-]C(C)C. The molecule has 2 heteroatoms. The van der Waals surface area contributed by atoms with Crippen molar-refractivity contribution >= 4 is 0 Å². The van der Waals surface area contributed by atoms with Gasteiger partial charge < -0.3 is 10.6 Å². The van der Waals surface area contributed by atoms with Crippen LogP contribution < -0.4 is 0 Å². The molecule has 0 spiro atoms. The Bertz CT molecular complexity index is 175. The Hall–Kier alpha value is -0.600. The zero-order valence-corrected chi connectivity index (χ0v) is 11.2. The molecule has 0 fully saturated rings. The minimum atomic E-state index is 0.248. The van der Waals surface area contributed by atoms with E-state index < -0.39 is 0 Å². The van der Waals surface area contributed by atoms with Crippen molar-refractivity contribution in [2.24, 2.45) is 0 Å². The van der Waals surface area contributed by atoms with Crippen molar-refractivity contribution in [1.82, 2.24) is 0 Å². The summed E-state index contributed by atoms with van der Waals surface area (Å²) in [5.74, 6) is 0. The molecule has 0 N–H and O–H groups in total. The Morgan fingerprint density at radius 3 is 1.31 bits per heavy atom. The van der Waals surface area contributed by atoms with Crippen LogP contribution in [0.4, 0.5) is 0 Å². The fourth-order valence-electron chi connectivity index (χ4n) is 1.74. The van der Waals surface area contributed by atoms with Crippen molar-refractivity contribution < 1.29 is 0 Å². The monoisotopic (exact) mass is 222 g/mol. The topological polar surface area (TPSA) is 28.2 Å².